The van der Waals surface area contributed by atoms with Crippen molar-refractivity contribution in [3.8, 4) is 0 Å². The van der Waals surface area contributed by atoms with Crippen LogP contribution in [0.2, 0.25) is 0 Å². The van der Waals surface area contributed by atoms with Crippen LogP contribution >= 0.6 is 0 Å². The summed E-state index contributed by atoms with van der Waals surface area (Å²) in [6.45, 7) is 0.626. The van der Waals surface area contributed by atoms with Gasteiger partial charge in [0.1, 0.15) is 0 Å². The molecule has 1 amide bonds. The lowest BCUT2D eigenvalue weighted by Gasteiger charge is -2.17. The van der Waals surface area contributed by atoms with Crippen molar-refractivity contribution in [3.05, 3.63) is 29.3 Å². The summed E-state index contributed by atoms with van der Waals surface area (Å²) in [5.41, 5.74) is 3.31. The summed E-state index contributed by atoms with van der Waals surface area (Å²) in [7, 11) is 1.68. The van der Waals surface area contributed by atoms with E-state index in [1.165, 1.54) is 5.56 Å². The molecule has 0 bridgehead atoms. The van der Waals surface area contributed by atoms with Crippen LogP contribution in [0, 0.1) is 0 Å². The molecular weight excluding hydrogens is 178 g/mol. The van der Waals surface area contributed by atoms with E-state index in [2.05, 4.69) is 11.4 Å². The summed E-state index contributed by atoms with van der Waals surface area (Å²) in [5, 5.41) is 2.85. The third kappa shape index (κ3) is 1.77. The predicted molar refractivity (Wildman–Crippen MR) is 54.1 cm³/mol. The Balaban J connectivity index is 2.26. The van der Waals surface area contributed by atoms with Crippen LogP contribution in [0.3, 0.4) is 0 Å². The zero-order chi connectivity index (χ0) is 9.97. The topological polar surface area (TPSA) is 38.3 Å². The van der Waals surface area contributed by atoms with E-state index in [4.69, 9.17) is 4.74 Å². The Morgan fingerprint density at radius 1 is 1.43 bits per heavy atom. The van der Waals surface area contributed by atoms with E-state index in [0.29, 0.717) is 13.0 Å². The molecular formula is C11H13NO2. The summed E-state index contributed by atoms with van der Waals surface area (Å²) >= 11 is 0. The summed E-state index contributed by atoms with van der Waals surface area (Å²) in [5.74, 6) is 0.108. The maximum absolute atomic E-state index is 11.1. The highest BCUT2D eigenvalue weighted by Gasteiger charge is 2.14. The highest BCUT2D eigenvalue weighted by molar-refractivity contribution is 5.93. The number of hydrogen-bond acceptors (Lipinski definition) is 2. The van der Waals surface area contributed by atoms with Crippen molar-refractivity contribution in [1.29, 1.82) is 0 Å². The molecule has 1 aliphatic rings. The molecule has 0 radical (unpaired) electrons. The van der Waals surface area contributed by atoms with Gasteiger partial charge in [0.2, 0.25) is 5.91 Å². The predicted octanol–water partition coefficient (Wildman–Crippen LogP) is 1.72. The second kappa shape index (κ2) is 3.80. The zero-order valence-corrected chi connectivity index (χ0v) is 8.17. The molecule has 2 rings (SSSR count). The molecule has 1 aromatic carbocycles. The third-order valence-electron chi connectivity index (χ3n) is 2.38. The summed E-state index contributed by atoms with van der Waals surface area (Å²) in [6, 6.07) is 6.02. The molecule has 0 fully saturated rings. The van der Waals surface area contributed by atoms with Gasteiger partial charge in [-0.2, -0.15) is 0 Å². The Bertz CT molecular complexity index is 360. The van der Waals surface area contributed by atoms with E-state index < -0.39 is 0 Å². The van der Waals surface area contributed by atoms with Gasteiger partial charge in [-0.1, -0.05) is 12.1 Å². The largest absolute Gasteiger partial charge is 0.380 e. The highest BCUT2D eigenvalue weighted by Crippen LogP contribution is 2.23. The van der Waals surface area contributed by atoms with Crippen LogP contribution in [0.5, 0.6) is 0 Å². The van der Waals surface area contributed by atoms with E-state index in [1.807, 2.05) is 12.1 Å². The minimum atomic E-state index is 0.108. The maximum Gasteiger partial charge on any atom is 0.224 e. The number of carbonyl (C=O) groups is 1. The Morgan fingerprint density at radius 3 is 3.07 bits per heavy atom. The molecule has 0 saturated heterocycles. The number of amides is 1. The number of anilines is 1. The zero-order valence-electron chi connectivity index (χ0n) is 8.17. The van der Waals surface area contributed by atoms with E-state index in [1.54, 1.807) is 7.11 Å². The quantitative estimate of drug-likeness (QED) is 0.773. The fourth-order valence-electron chi connectivity index (χ4n) is 1.69. The lowest BCUT2D eigenvalue weighted by Crippen LogP contribution is -2.18. The van der Waals surface area contributed by atoms with Crippen molar-refractivity contribution < 1.29 is 9.53 Å². The van der Waals surface area contributed by atoms with Crippen molar-refractivity contribution >= 4 is 11.6 Å². The number of nitrogens with one attached hydrogen (secondary N) is 1. The van der Waals surface area contributed by atoms with E-state index in [0.717, 1.165) is 17.7 Å². The SMILES string of the molecule is COCc1ccc2c(c1)CCC(=O)N2. The molecule has 3 nitrogen and oxygen atoms in total. The minimum Gasteiger partial charge on any atom is -0.380 e. The number of hydrogen-bond donors (Lipinski definition) is 1. The molecule has 0 aliphatic carbocycles. The van der Waals surface area contributed by atoms with Crippen molar-refractivity contribution in [2.75, 3.05) is 12.4 Å². The van der Waals surface area contributed by atoms with Gasteiger partial charge in [-0.05, 0) is 23.6 Å². The van der Waals surface area contributed by atoms with Crippen molar-refractivity contribution in [2.24, 2.45) is 0 Å². The number of rotatable bonds is 2. The van der Waals surface area contributed by atoms with Crippen LogP contribution in [0.25, 0.3) is 0 Å². The third-order valence-corrected chi connectivity index (χ3v) is 2.38. The molecule has 0 atom stereocenters. The average Bonchev–Trinajstić information content (AvgIpc) is 2.19. The summed E-state index contributed by atoms with van der Waals surface area (Å²) in [4.78, 5) is 11.1. The number of ether oxygens (including phenoxy) is 1. The van der Waals surface area contributed by atoms with E-state index >= 15 is 0 Å². The summed E-state index contributed by atoms with van der Waals surface area (Å²) < 4.78 is 5.05. The highest BCUT2D eigenvalue weighted by atomic mass is 16.5. The molecule has 1 heterocycles. The standard InChI is InChI=1S/C11H13NO2/c1-14-7-8-2-4-10-9(6-8)3-5-11(13)12-10/h2,4,6H,3,5,7H2,1H3,(H,12,13). The van der Waals surface area contributed by atoms with Gasteiger partial charge < -0.3 is 10.1 Å². The first-order valence-electron chi connectivity index (χ1n) is 4.70. The Hall–Kier alpha value is -1.35. The molecule has 1 aliphatic heterocycles. The van der Waals surface area contributed by atoms with Crippen molar-refractivity contribution in [1.82, 2.24) is 0 Å². The maximum atomic E-state index is 11.1. The van der Waals surface area contributed by atoms with Crippen molar-refractivity contribution in [2.45, 2.75) is 19.4 Å². The van der Waals surface area contributed by atoms with Crippen LogP contribution in [-0.2, 0) is 22.6 Å². The first-order chi connectivity index (χ1) is 6.79. The van der Waals surface area contributed by atoms with Crippen LogP contribution in [-0.4, -0.2) is 13.0 Å². The molecule has 0 aromatic heterocycles. The van der Waals surface area contributed by atoms with Gasteiger partial charge in [-0.25, -0.2) is 0 Å². The Kier molecular flexibility index (Phi) is 2.50. The van der Waals surface area contributed by atoms with Gasteiger partial charge in [-0.3, -0.25) is 4.79 Å². The van der Waals surface area contributed by atoms with Gasteiger partial charge in [0.25, 0.3) is 0 Å². The molecule has 0 spiro atoms. The smallest absolute Gasteiger partial charge is 0.224 e. The molecule has 3 heteroatoms. The lowest BCUT2D eigenvalue weighted by atomic mass is 10.0. The number of carbonyl (C=O) groups excluding carboxylic acids is 1. The average molecular weight is 191 g/mol. The van der Waals surface area contributed by atoms with Crippen LogP contribution in [0.1, 0.15) is 17.5 Å². The molecule has 1 aromatic rings. The number of benzene rings is 1. The van der Waals surface area contributed by atoms with Crippen molar-refractivity contribution in [3.63, 3.8) is 0 Å². The van der Waals surface area contributed by atoms with Gasteiger partial charge in [0.15, 0.2) is 0 Å². The molecule has 1 N–H and O–H groups in total. The minimum absolute atomic E-state index is 0.108. The van der Waals surface area contributed by atoms with Gasteiger partial charge in [0.05, 0.1) is 6.61 Å². The number of methoxy groups -OCH3 is 1. The van der Waals surface area contributed by atoms with Crippen LogP contribution in [0.15, 0.2) is 18.2 Å². The van der Waals surface area contributed by atoms with Gasteiger partial charge >= 0.3 is 0 Å². The second-order valence-corrected chi connectivity index (χ2v) is 3.47. The Labute approximate surface area is 83.1 Å². The molecule has 0 saturated carbocycles. The second-order valence-electron chi connectivity index (χ2n) is 3.47. The molecule has 0 unspecified atom stereocenters. The van der Waals surface area contributed by atoms with Gasteiger partial charge in [-0.15, -0.1) is 0 Å². The lowest BCUT2D eigenvalue weighted by molar-refractivity contribution is -0.116. The fraction of sp³-hybridized carbons (Fsp3) is 0.364. The molecule has 14 heavy (non-hydrogen) atoms. The number of aryl methyl sites for hydroxylation is 1. The normalized spacial score (nSPS) is 14.8. The van der Waals surface area contributed by atoms with E-state index in [-0.39, 0.29) is 5.91 Å². The molecule has 74 valence electrons. The van der Waals surface area contributed by atoms with Gasteiger partial charge in [0, 0.05) is 19.2 Å². The van der Waals surface area contributed by atoms with Crippen LogP contribution < -0.4 is 5.32 Å². The number of fused-ring (bicyclic) bond motifs is 1. The van der Waals surface area contributed by atoms with E-state index in [9.17, 15) is 4.79 Å². The monoisotopic (exact) mass is 191 g/mol. The Morgan fingerprint density at radius 2 is 2.29 bits per heavy atom. The first-order valence-corrected chi connectivity index (χ1v) is 4.70. The fourth-order valence-corrected chi connectivity index (χ4v) is 1.69. The first kappa shape index (κ1) is 9.21. The summed E-state index contributed by atoms with van der Waals surface area (Å²) in [6.07, 6.45) is 1.42. The van der Waals surface area contributed by atoms with Crippen LogP contribution in [0.4, 0.5) is 5.69 Å².